The van der Waals surface area contributed by atoms with Crippen molar-refractivity contribution in [3.8, 4) is 17.2 Å². The van der Waals surface area contributed by atoms with Gasteiger partial charge in [0.1, 0.15) is 30.4 Å². The molecule has 0 aliphatic carbocycles. The van der Waals surface area contributed by atoms with Gasteiger partial charge in [0.25, 0.3) is 0 Å². The lowest BCUT2D eigenvalue weighted by molar-refractivity contribution is -0.143. The average molecular weight is 598 g/mol. The fraction of sp³-hybridized carbons (Fsp3) is 0.267. The van der Waals surface area contributed by atoms with Gasteiger partial charge in [-0.05, 0) is 74.9 Å². The molecule has 0 fully saturated rings. The van der Waals surface area contributed by atoms with Crippen molar-refractivity contribution in [1.29, 1.82) is 0 Å². The third kappa shape index (κ3) is 7.66. The molecule has 0 aliphatic heterocycles. The normalized spacial score (nSPS) is 11.5. The topological polar surface area (TPSA) is 102 Å². The van der Waals surface area contributed by atoms with E-state index in [0.717, 1.165) is 19.7 Å². The van der Waals surface area contributed by atoms with Crippen molar-refractivity contribution in [3.05, 3.63) is 100 Å². The predicted octanol–water partition coefficient (Wildman–Crippen LogP) is 5.94. The molecule has 9 nitrogen and oxygen atoms in total. The van der Waals surface area contributed by atoms with E-state index in [1.807, 2.05) is 38.1 Å². The fourth-order valence-electron chi connectivity index (χ4n) is 3.96. The second kappa shape index (κ2) is 13.2. The van der Waals surface area contributed by atoms with Gasteiger partial charge in [-0.15, -0.1) is 0 Å². The molecule has 0 spiro atoms. The number of nitrogens with zero attached hydrogens (tertiary/aromatic N) is 3. The number of anilines is 1. The van der Waals surface area contributed by atoms with E-state index in [1.54, 1.807) is 55.5 Å². The number of aryl methyl sites for hydroxylation is 2. The van der Waals surface area contributed by atoms with E-state index in [0.29, 0.717) is 39.4 Å². The molecular weight excluding hydrogens is 566 g/mol. The Labute approximate surface area is 245 Å². The maximum absolute atomic E-state index is 13.5. The Morgan fingerprint density at radius 1 is 0.976 bits per heavy atom. The SMILES string of the molecule is CCOC(=O)CN(Cc1ccc(OCc2nc(-c3ccc(C)cc3)oc2C)cc1)S(=O)(=O)N(C)c1ccc(Cl)cc1. The Morgan fingerprint density at radius 3 is 2.27 bits per heavy atom. The first-order valence-electron chi connectivity index (χ1n) is 13.0. The second-order valence-electron chi connectivity index (χ2n) is 9.35. The van der Waals surface area contributed by atoms with Crippen LogP contribution in [0.2, 0.25) is 5.02 Å². The summed E-state index contributed by atoms with van der Waals surface area (Å²) in [6, 6.07) is 21.3. The minimum atomic E-state index is -4.09. The first-order valence-corrected chi connectivity index (χ1v) is 14.7. The van der Waals surface area contributed by atoms with Crippen LogP contribution in [0.5, 0.6) is 5.75 Å². The lowest BCUT2D eigenvalue weighted by atomic mass is 10.1. The van der Waals surface area contributed by atoms with Crippen LogP contribution in [0.15, 0.2) is 77.2 Å². The van der Waals surface area contributed by atoms with Gasteiger partial charge in [0, 0.05) is 24.2 Å². The molecule has 0 radical (unpaired) electrons. The zero-order chi connectivity index (χ0) is 29.6. The van der Waals surface area contributed by atoms with Gasteiger partial charge in [0.05, 0.1) is 12.3 Å². The smallest absolute Gasteiger partial charge is 0.321 e. The molecular formula is C30H32ClN3O6S. The maximum atomic E-state index is 13.5. The highest BCUT2D eigenvalue weighted by Gasteiger charge is 2.30. The van der Waals surface area contributed by atoms with Crippen molar-refractivity contribution in [2.45, 2.75) is 33.9 Å². The zero-order valence-corrected chi connectivity index (χ0v) is 24.9. The van der Waals surface area contributed by atoms with Crippen molar-refractivity contribution in [2.24, 2.45) is 0 Å². The van der Waals surface area contributed by atoms with Crippen molar-refractivity contribution in [2.75, 3.05) is 24.5 Å². The van der Waals surface area contributed by atoms with E-state index >= 15 is 0 Å². The summed E-state index contributed by atoms with van der Waals surface area (Å²) in [6.45, 7) is 5.37. The lowest BCUT2D eigenvalue weighted by Gasteiger charge is -2.28. The van der Waals surface area contributed by atoms with Gasteiger partial charge in [-0.3, -0.25) is 9.10 Å². The van der Waals surface area contributed by atoms with Crippen molar-refractivity contribution in [1.82, 2.24) is 9.29 Å². The van der Waals surface area contributed by atoms with Gasteiger partial charge in [0.2, 0.25) is 5.89 Å². The van der Waals surface area contributed by atoms with E-state index in [1.165, 1.54) is 7.05 Å². The number of carbonyl (C=O) groups is 1. The van der Waals surface area contributed by atoms with Crippen molar-refractivity contribution < 1.29 is 27.1 Å². The highest BCUT2D eigenvalue weighted by Crippen LogP contribution is 2.25. The van der Waals surface area contributed by atoms with Gasteiger partial charge >= 0.3 is 16.2 Å². The summed E-state index contributed by atoms with van der Waals surface area (Å²) in [5.41, 5.74) is 3.79. The Hall–Kier alpha value is -3.86. The molecule has 0 saturated carbocycles. The van der Waals surface area contributed by atoms with Crippen LogP contribution in [0.25, 0.3) is 11.5 Å². The molecule has 0 bridgehead atoms. The molecule has 1 aromatic heterocycles. The molecule has 4 aromatic rings. The van der Waals surface area contributed by atoms with Crippen LogP contribution < -0.4 is 9.04 Å². The van der Waals surface area contributed by atoms with E-state index in [9.17, 15) is 13.2 Å². The van der Waals surface area contributed by atoms with Gasteiger partial charge in [-0.25, -0.2) is 4.98 Å². The number of halogens is 1. The molecule has 11 heteroatoms. The number of hydrogen-bond acceptors (Lipinski definition) is 7. The first-order chi connectivity index (χ1) is 19.6. The van der Waals surface area contributed by atoms with Crippen LogP contribution in [0.3, 0.4) is 0 Å². The average Bonchev–Trinajstić information content (AvgIpc) is 3.33. The number of hydrogen-bond donors (Lipinski definition) is 0. The number of oxazole rings is 1. The number of ether oxygens (including phenoxy) is 2. The first kappa shape index (κ1) is 30.1. The highest BCUT2D eigenvalue weighted by atomic mass is 35.5. The molecule has 0 aliphatic rings. The Bertz CT molecular complexity index is 1570. The third-order valence-electron chi connectivity index (χ3n) is 6.32. The standard InChI is InChI=1S/C30H32ClN3O6S/c1-5-38-29(35)19-34(41(36,37)33(4)26-14-12-25(31)13-15-26)18-23-8-16-27(17-9-23)39-20-28-22(3)40-30(32-28)24-10-6-21(2)7-11-24/h6-17H,5,18-20H2,1-4H3. The van der Waals surface area contributed by atoms with Gasteiger partial charge < -0.3 is 13.9 Å². The summed E-state index contributed by atoms with van der Waals surface area (Å²) < 4.78 is 46.0. The summed E-state index contributed by atoms with van der Waals surface area (Å²) in [5.74, 6) is 1.13. The van der Waals surface area contributed by atoms with Crippen LogP contribution >= 0.6 is 11.6 Å². The molecule has 216 valence electrons. The van der Waals surface area contributed by atoms with Gasteiger partial charge in [0.15, 0.2) is 0 Å². The van der Waals surface area contributed by atoms with E-state index in [-0.39, 0.29) is 19.8 Å². The van der Waals surface area contributed by atoms with E-state index in [2.05, 4.69) is 4.98 Å². The van der Waals surface area contributed by atoms with Gasteiger partial charge in [-0.2, -0.15) is 12.7 Å². The Kier molecular flexibility index (Phi) is 9.69. The number of benzene rings is 3. The second-order valence-corrected chi connectivity index (χ2v) is 11.7. The summed E-state index contributed by atoms with van der Waals surface area (Å²) >= 11 is 5.95. The number of rotatable bonds is 12. The molecule has 0 N–H and O–H groups in total. The summed E-state index contributed by atoms with van der Waals surface area (Å²) in [6.07, 6.45) is 0. The lowest BCUT2D eigenvalue weighted by Crippen LogP contribution is -2.44. The number of carbonyl (C=O) groups excluding carboxylic acids is 1. The van der Waals surface area contributed by atoms with Crippen molar-refractivity contribution in [3.63, 3.8) is 0 Å². The molecule has 0 saturated heterocycles. The predicted molar refractivity (Wildman–Crippen MR) is 158 cm³/mol. The van der Waals surface area contributed by atoms with E-state index in [4.69, 9.17) is 25.5 Å². The summed E-state index contributed by atoms with van der Waals surface area (Å²) in [7, 11) is -2.67. The number of aromatic nitrogens is 1. The monoisotopic (exact) mass is 597 g/mol. The van der Waals surface area contributed by atoms with Crippen LogP contribution in [-0.2, 0) is 32.9 Å². The molecule has 0 unspecified atom stereocenters. The summed E-state index contributed by atoms with van der Waals surface area (Å²) in [4.78, 5) is 16.9. The Balaban J connectivity index is 1.45. The third-order valence-corrected chi connectivity index (χ3v) is 8.39. The maximum Gasteiger partial charge on any atom is 0.321 e. The molecule has 3 aromatic carbocycles. The van der Waals surface area contributed by atoms with Crippen LogP contribution in [0.4, 0.5) is 5.69 Å². The molecule has 0 amide bonds. The van der Waals surface area contributed by atoms with Crippen LogP contribution in [0, 0.1) is 13.8 Å². The fourth-order valence-corrected chi connectivity index (χ4v) is 5.40. The van der Waals surface area contributed by atoms with Crippen LogP contribution in [-0.4, -0.2) is 43.9 Å². The Morgan fingerprint density at radius 2 is 1.63 bits per heavy atom. The van der Waals surface area contributed by atoms with E-state index < -0.39 is 22.7 Å². The molecule has 1 heterocycles. The molecule has 0 atom stereocenters. The van der Waals surface area contributed by atoms with Gasteiger partial charge in [-0.1, -0.05) is 41.4 Å². The minimum Gasteiger partial charge on any atom is -0.487 e. The minimum absolute atomic E-state index is 0.0539. The zero-order valence-electron chi connectivity index (χ0n) is 23.3. The molecule has 4 rings (SSSR count). The quantitative estimate of drug-likeness (QED) is 0.186. The summed E-state index contributed by atoms with van der Waals surface area (Å²) in [5, 5.41) is 0.482. The largest absolute Gasteiger partial charge is 0.487 e. The number of esters is 1. The van der Waals surface area contributed by atoms with Crippen LogP contribution in [0.1, 0.15) is 29.5 Å². The van der Waals surface area contributed by atoms with Crippen molar-refractivity contribution >= 4 is 33.5 Å². The molecule has 41 heavy (non-hydrogen) atoms. The highest BCUT2D eigenvalue weighted by molar-refractivity contribution is 7.90.